The first-order valence-electron chi connectivity index (χ1n) is 11.7. The topological polar surface area (TPSA) is 89.5 Å². The van der Waals surface area contributed by atoms with Crippen LogP contribution in [-0.2, 0) is 38.0 Å². The number of cyclic esters (lactones) is 2. The lowest BCUT2D eigenvalue weighted by Crippen LogP contribution is -2.58. The first-order valence-corrected chi connectivity index (χ1v) is 11.7. The highest BCUT2D eigenvalue weighted by Gasteiger charge is 2.71. The lowest BCUT2D eigenvalue weighted by Gasteiger charge is -2.44. The molecule has 0 aromatic carbocycles. The molecule has 0 fully saturated rings. The Morgan fingerprint density at radius 3 is 1.18 bits per heavy atom. The molecule has 2 rings (SSSR count). The number of carbonyl (C=O) groups excluding carboxylic acids is 2. The van der Waals surface area contributed by atoms with Crippen molar-refractivity contribution in [2.24, 2.45) is 0 Å². The average Bonchev–Trinajstić information content (AvgIpc) is 3.09. The van der Waals surface area contributed by atoms with Crippen molar-refractivity contribution in [2.75, 3.05) is 0 Å². The second-order valence-corrected chi connectivity index (χ2v) is 9.40. The Labute approximate surface area is 202 Å². The monoisotopic (exact) mass is 478 g/mol. The molecule has 8 heteroatoms. The second-order valence-electron chi connectivity index (χ2n) is 9.40. The summed E-state index contributed by atoms with van der Waals surface area (Å²) >= 11 is 0. The Morgan fingerprint density at radius 1 is 0.647 bits per heavy atom. The van der Waals surface area contributed by atoms with Crippen LogP contribution < -0.4 is 0 Å². The van der Waals surface area contributed by atoms with Gasteiger partial charge in [-0.05, 0) is 55.4 Å². The summed E-state index contributed by atoms with van der Waals surface area (Å²) in [5, 5.41) is 0. The summed E-state index contributed by atoms with van der Waals surface area (Å²) in [5.74, 6) is -1.38. The molecule has 0 N–H and O–H groups in total. The van der Waals surface area contributed by atoms with E-state index in [-0.39, 0.29) is 60.3 Å². The molecule has 190 valence electrons. The average molecular weight is 479 g/mol. The fourth-order valence-electron chi connectivity index (χ4n) is 4.03. The van der Waals surface area contributed by atoms with Gasteiger partial charge >= 0.3 is 11.9 Å². The fourth-order valence-corrected chi connectivity index (χ4v) is 4.03. The summed E-state index contributed by atoms with van der Waals surface area (Å²) in [5.41, 5.74) is -3.31. The van der Waals surface area contributed by atoms with Crippen LogP contribution >= 0.6 is 0 Å². The smallest absolute Gasteiger partial charge is 0.378 e. The summed E-state index contributed by atoms with van der Waals surface area (Å²) in [6.45, 7) is 22.2. The molecular formula is C26H38O8. The van der Waals surface area contributed by atoms with Crippen molar-refractivity contribution < 1.29 is 38.0 Å². The van der Waals surface area contributed by atoms with Gasteiger partial charge in [0.05, 0.1) is 24.4 Å². The van der Waals surface area contributed by atoms with Gasteiger partial charge in [0.15, 0.2) is 11.5 Å². The van der Waals surface area contributed by atoms with Gasteiger partial charge in [0.2, 0.25) is 22.7 Å². The first kappa shape index (κ1) is 27.3. The number of carbonyl (C=O) groups is 2. The van der Waals surface area contributed by atoms with Crippen molar-refractivity contribution in [3.63, 3.8) is 0 Å². The van der Waals surface area contributed by atoms with Crippen LogP contribution in [0.5, 0.6) is 0 Å². The zero-order chi connectivity index (χ0) is 25.8. The molecule has 0 amide bonds. The molecule has 2 aliphatic heterocycles. The molecule has 34 heavy (non-hydrogen) atoms. The van der Waals surface area contributed by atoms with Gasteiger partial charge in [0.25, 0.3) is 0 Å². The summed E-state index contributed by atoms with van der Waals surface area (Å²) in [6.07, 6.45) is 1.88. The van der Waals surface area contributed by atoms with Gasteiger partial charge in [0, 0.05) is 12.8 Å². The molecule has 0 aromatic heterocycles. The number of esters is 2. The Hall–Kier alpha value is -2.90. The third kappa shape index (κ3) is 4.95. The van der Waals surface area contributed by atoms with E-state index in [9.17, 15) is 9.59 Å². The van der Waals surface area contributed by atoms with Gasteiger partial charge in [-0.15, -0.1) is 13.2 Å². The van der Waals surface area contributed by atoms with Crippen LogP contribution in [0.15, 0.2) is 48.3 Å². The van der Waals surface area contributed by atoms with Crippen molar-refractivity contribution >= 4 is 11.9 Å². The maximum absolute atomic E-state index is 13.2. The predicted molar refractivity (Wildman–Crippen MR) is 126 cm³/mol. The molecule has 0 aromatic rings. The quantitative estimate of drug-likeness (QED) is 0.274. The van der Waals surface area contributed by atoms with Gasteiger partial charge < -0.3 is 28.4 Å². The molecule has 2 unspecified atom stereocenters. The summed E-state index contributed by atoms with van der Waals surface area (Å²) in [7, 11) is 0. The molecule has 8 nitrogen and oxygen atoms in total. The van der Waals surface area contributed by atoms with Crippen molar-refractivity contribution in [1.82, 2.24) is 0 Å². The standard InChI is InChI=1S/C26H38O8/c1-11-13-25(21(31-17(7)8)19(23(27)33-25)29-15(3)4)26(14-12-2)22(32-18(9)10)20(24(28)34-26)30-16(5)6/h11-12,15-18H,1-2,13-14H2,3-10H3. The van der Waals surface area contributed by atoms with Gasteiger partial charge in [-0.3, -0.25) is 0 Å². The van der Waals surface area contributed by atoms with Gasteiger partial charge in [0.1, 0.15) is 0 Å². The number of rotatable bonds is 13. The van der Waals surface area contributed by atoms with Crippen molar-refractivity contribution in [1.29, 1.82) is 0 Å². The normalized spacial score (nSPS) is 24.8. The largest absolute Gasteiger partial charge is 0.487 e. The van der Waals surface area contributed by atoms with Crippen LogP contribution in [0.1, 0.15) is 68.2 Å². The zero-order valence-electron chi connectivity index (χ0n) is 21.6. The molecule has 2 atom stereocenters. The van der Waals surface area contributed by atoms with E-state index in [2.05, 4.69) is 13.2 Å². The van der Waals surface area contributed by atoms with E-state index < -0.39 is 23.1 Å². The first-order chi connectivity index (χ1) is 15.8. The van der Waals surface area contributed by atoms with Crippen LogP contribution in [0, 0.1) is 0 Å². The minimum absolute atomic E-state index is 0.0484. The van der Waals surface area contributed by atoms with Gasteiger partial charge in [-0.2, -0.15) is 0 Å². The number of ether oxygens (including phenoxy) is 6. The highest BCUT2D eigenvalue weighted by Crippen LogP contribution is 2.55. The fraction of sp³-hybridized carbons (Fsp3) is 0.615. The lowest BCUT2D eigenvalue weighted by molar-refractivity contribution is -0.196. The van der Waals surface area contributed by atoms with E-state index in [1.54, 1.807) is 39.8 Å². The Bertz CT molecular complexity index is 807. The Kier molecular flexibility index (Phi) is 8.50. The molecular weight excluding hydrogens is 440 g/mol. The maximum Gasteiger partial charge on any atom is 0.378 e. The molecule has 0 saturated carbocycles. The Morgan fingerprint density at radius 2 is 0.941 bits per heavy atom. The number of hydrogen-bond acceptors (Lipinski definition) is 8. The predicted octanol–water partition coefficient (Wildman–Crippen LogP) is 4.85. The summed E-state index contributed by atoms with van der Waals surface area (Å²) in [6, 6.07) is 0. The van der Waals surface area contributed by atoms with Gasteiger partial charge in [-0.1, -0.05) is 12.2 Å². The molecule has 0 aliphatic carbocycles. The minimum atomic E-state index is -1.66. The van der Waals surface area contributed by atoms with E-state index in [0.29, 0.717) is 0 Å². The summed E-state index contributed by atoms with van der Waals surface area (Å²) in [4.78, 5) is 26.4. The van der Waals surface area contributed by atoms with Gasteiger partial charge in [-0.25, -0.2) is 9.59 Å². The third-order valence-corrected chi connectivity index (χ3v) is 4.98. The summed E-state index contributed by atoms with van der Waals surface area (Å²) < 4.78 is 36.1. The lowest BCUT2D eigenvalue weighted by atomic mass is 9.75. The molecule has 0 radical (unpaired) electrons. The van der Waals surface area contributed by atoms with Crippen molar-refractivity contribution in [3.8, 4) is 0 Å². The number of hydrogen-bond donors (Lipinski definition) is 0. The van der Waals surface area contributed by atoms with E-state index in [4.69, 9.17) is 28.4 Å². The molecule has 0 saturated heterocycles. The highest BCUT2D eigenvalue weighted by molar-refractivity contribution is 5.94. The van der Waals surface area contributed by atoms with E-state index in [1.807, 2.05) is 27.7 Å². The molecule has 2 heterocycles. The second kappa shape index (κ2) is 10.6. The Balaban J connectivity index is 2.95. The van der Waals surface area contributed by atoms with Crippen molar-refractivity contribution in [3.05, 3.63) is 48.3 Å². The van der Waals surface area contributed by atoms with Crippen LogP contribution in [0.4, 0.5) is 0 Å². The van der Waals surface area contributed by atoms with Crippen LogP contribution in [0.25, 0.3) is 0 Å². The van der Waals surface area contributed by atoms with Crippen LogP contribution in [0.2, 0.25) is 0 Å². The zero-order valence-corrected chi connectivity index (χ0v) is 21.6. The van der Waals surface area contributed by atoms with E-state index in [0.717, 1.165) is 0 Å². The SMILES string of the molecule is C=CCC1(C2(CC=C)OC(=O)C(OC(C)C)=C2OC(C)C)OC(=O)C(OC(C)C)=C1OC(C)C. The third-order valence-electron chi connectivity index (χ3n) is 4.98. The van der Waals surface area contributed by atoms with Crippen molar-refractivity contribution in [2.45, 2.75) is 104 Å². The molecule has 2 aliphatic rings. The molecule has 0 bridgehead atoms. The van der Waals surface area contributed by atoms with E-state index >= 15 is 0 Å². The maximum atomic E-state index is 13.2. The molecule has 0 spiro atoms. The van der Waals surface area contributed by atoms with E-state index in [1.165, 1.54) is 0 Å². The van der Waals surface area contributed by atoms with Crippen LogP contribution in [-0.4, -0.2) is 47.6 Å². The highest BCUT2D eigenvalue weighted by atomic mass is 16.7. The minimum Gasteiger partial charge on any atom is -0.487 e. The van der Waals surface area contributed by atoms with Crippen LogP contribution in [0.3, 0.4) is 0 Å².